The van der Waals surface area contributed by atoms with Crippen LogP contribution in [0, 0.1) is 17.7 Å². The molecule has 4 aliphatic rings. The van der Waals surface area contributed by atoms with Crippen LogP contribution in [0.3, 0.4) is 0 Å². The first kappa shape index (κ1) is 24.6. The first-order valence-corrected chi connectivity index (χ1v) is 13.8. The summed E-state index contributed by atoms with van der Waals surface area (Å²) in [5.41, 5.74) is 3.43. The van der Waals surface area contributed by atoms with E-state index in [0.29, 0.717) is 23.8 Å². The van der Waals surface area contributed by atoms with Gasteiger partial charge < -0.3 is 24.6 Å². The molecule has 1 amide bonds. The highest BCUT2D eigenvalue weighted by Crippen LogP contribution is 2.41. The normalized spacial score (nSPS) is 27.2. The van der Waals surface area contributed by atoms with Crippen LogP contribution in [0.25, 0.3) is 0 Å². The van der Waals surface area contributed by atoms with Crippen LogP contribution in [-0.4, -0.2) is 48.9 Å². The van der Waals surface area contributed by atoms with Gasteiger partial charge in [0.05, 0.1) is 42.4 Å². The molecule has 2 unspecified atom stereocenters. The largest absolute Gasteiger partial charge is 0.376 e. The molecule has 4 heterocycles. The van der Waals surface area contributed by atoms with E-state index in [1.165, 1.54) is 12.3 Å². The molecule has 2 aromatic rings. The van der Waals surface area contributed by atoms with Crippen LogP contribution < -0.4 is 15.1 Å². The van der Waals surface area contributed by atoms with E-state index < -0.39 is 5.82 Å². The molecule has 2 bridgehead atoms. The molecule has 1 aromatic carbocycles. The van der Waals surface area contributed by atoms with Gasteiger partial charge in [0.25, 0.3) is 0 Å². The summed E-state index contributed by atoms with van der Waals surface area (Å²) in [5.74, 6) is 0.863. The van der Waals surface area contributed by atoms with Crippen molar-refractivity contribution < 1.29 is 18.7 Å². The number of aromatic nitrogens is 1. The lowest BCUT2D eigenvalue weighted by atomic mass is 9.86. The van der Waals surface area contributed by atoms with Gasteiger partial charge in [0.2, 0.25) is 5.91 Å². The van der Waals surface area contributed by atoms with Crippen molar-refractivity contribution in [2.75, 3.05) is 34.8 Å². The number of pyridine rings is 1. The van der Waals surface area contributed by atoms with E-state index in [0.717, 1.165) is 75.3 Å². The number of fused-ring (bicyclic) bond motifs is 4. The van der Waals surface area contributed by atoms with Crippen molar-refractivity contribution in [3.8, 4) is 0 Å². The molecule has 7 nitrogen and oxygen atoms in total. The highest BCUT2D eigenvalue weighted by molar-refractivity contribution is 6.00. The highest BCUT2D eigenvalue weighted by atomic mass is 19.1. The van der Waals surface area contributed by atoms with Gasteiger partial charge in [-0.25, -0.2) is 9.37 Å². The third-order valence-corrected chi connectivity index (χ3v) is 8.28. The van der Waals surface area contributed by atoms with Crippen LogP contribution in [0.15, 0.2) is 30.5 Å². The molecular formula is C29H37FN4O3. The van der Waals surface area contributed by atoms with Crippen LogP contribution in [0.5, 0.6) is 0 Å². The Kier molecular flexibility index (Phi) is 6.80. The van der Waals surface area contributed by atoms with Crippen molar-refractivity contribution in [2.45, 2.75) is 77.2 Å². The summed E-state index contributed by atoms with van der Waals surface area (Å²) in [6.07, 6.45) is 7.50. The quantitative estimate of drug-likeness (QED) is 0.596. The molecule has 1 saturated carbocycles. The average molecular weight is 509 g/mol. The maximum Gasteiger partial charge on any atom is 0.230 e. The minimum atomic E-state index is -0.397. The number of benzene rings is 1. The SMILES string of the molecule is CC(C)O[C@H]1CC[C@H](C(=O)N2Cc3cc(F)cnc3Nc3ccc(N4CC5CCOC(C5)C4)cc32)CC1. The van der Waals surface area contributed by atoms with Gasteiger partial charge in [0, 0.05) is 36.9 Å². The maximum atomic E-state index is 14.2. The third-order valence-electron chi connectivity index (χ3n) is 8.28. The minimum absolute atomic E-state index is 0.0747. The van der Waals surface area contributed by atoms with Crippen molar-refractivity contribution in [3.63, 3.8) is 0 Å². The van der Waals surface area contributed by atoms with Crippen LogP contribution >= 0.6 is 0 Å². The van der Waals surface area contributed by atoms with Gasteiger partial charge in [0.15, 0.2) is 0 Å². The number of hydrogen-bond acceptors (Lipinski definition) is 6. The first-order chi connectivity index (χ1) is 17.9. The molecule has 1 aliphatic carbocycles. The Balaban J connectivity index is 1.30. The number of amides is 1. The molecule has 0 spiro atoms. The van der Waals surface area contributed by atoms with Crippen LogP contribution in [-0.2, 0) is 20.8 Å². The summed E-state index contributed by atoms with van der Waals surface area (Å²) in [7, 11) is 0. The van der Waals surface area contributed by atoms with Crippen LogP contribution in [0.1, 0.15) is 57.9 Å². The Labute approximate surface area is 218 Å². The number of hydrogen-bond donors (Lipinski definition) is 1. The van der Waals surface area contributed by atoms with E-state index in [1.807, 2.05) is 11.0 Å². The molecule has 198 valence electrons. The summed E-state index contributed by atoms with van der Waals surface area (Å²) in [6.45, 7) is 7.13. The van der Waals surface area contributed by atoms with E-state index >= 15 is 0 Å². The fourth-order valence-corrected chi connectivity index (χ4v) is 6.49. The smallest absolute Gasteiger partial charge is 0.230 e. The summed E-state index contributed by atoms with van der Waals surface area (Å²) in [4.78, 5) is 22.6. The number of carbonyl (C=O) groups is 1. The summed E-state index contributed by atoms with van der Waals surface area (Å²) < 4.78 is 26.2. The van der Waals surface area contributed by atoms with Crippen LogP contribution in [0.2, 0.25) is 0 Å². The molecule has 6 rings (SSSR count). The number of halogens is 1. The molecule has 37 heavy (non-hydrogen) atoms. The number of rotatable bonds is 4. The zero-order chi connectivity index (χ0) is 25.5. The monoisotopic (exact) mass is 508 g/mol. The van der Waals surface area contributed by atoms with Crippen molar-refractivity contribution in [2.24, 2.45) is 11.8 Å². The van der Waals surface area contributed by atoms with E-state index in [9.17, 15) is 9.18 Å². The molecule has 1 aromatic heterocycles. The molecule has 2 atom stereocenters. The fourth-order valence-electron chi connectivity index (χ4n) is 6.49. The average Bonchev–Trinajstić information content (AvgIpc) is 3.04. The highest BCUT2D eigenvalue weighted by Gasteiger charge is 2.35. The number of nitrogens with zero attached hydrogens (tertiary/aromatic N) is 3. The first-order valence-electron chi connectivity index (χ1n) is 13.8. The standard InChI is InChI=1S/C29H37FN4O3/c1-18(2)37-24-6-3-20(4-7-24)29(35)34-16-21-12-22(30)14-31-28(21)32-26-8-5-23(13-27(26)34)33-15-19-9-10-36-25(11-19)17-33/h5,8,12-14,18-20,24-25H,3-4,6-7,9-11,15-17H2,1-2H3,(H,31,32)/t19?,20-,24-,25?. The van der Waals surface area contributed by atoms with Gasteiger partial charge in [-0.2, -0.15) is 0 Å². The fraction of sp³-hybridized carbons (Fsp3) is 0.586. The third kappa shape index (κ3) is 5.18. The molecule has 3 aliphatic heterocycles. The van der Waals surface area contributed by atoms with Gasteiger partial charge in [0.1, 0.15) is 11.6 Å². The van der Waals surface area contributed by atoms with Crippen molar-refractivity contribution in [1.82, 2.24) is 4.98 Å². The Morgan fingerprint density at radius 1 is 1.16 bits per heavy atom. The van der Waals surface area contributed by atoms with E-state index in [1.54, 1.807) is 0 Å². The summed E-state index contributed by atoms with van der Waals surface area (Å²) in [5, 5.41) is 3.38. The van der Waals surface area contributed by atoms with Gasteiger partial charge in [-0.1, -0.05) is 0 Å². The zero-order valence-corrected chi connectivity index (χ0v) is 21.8. The van der Waals surface area contributed by atoms with Gasteiger partial charge in [-0.05, 0) is 82.6 Å². The van der Waals surface area contributed by atoms with Gasteiger partial charge in [-0.3, -0.25) is 4.79 Å². The molecular weight excluding hydrogens is 471 g/mol. The lowest BCUT2D eigenvalue weighted by Gasteiger charge is -2.42. The Morgan fingerprint density at radius 3 is 2.78 bits per heavy atom. The summed E-state index contributed by atoms with van der Waals surface area (Å²) >= 11 is 0. The lowest BCUT2D eigenvalue weighted by molar-refractivity contribution is -0.124. The van der Waals surface area contributed by atoms with Crippen LogP contribution in [0.4, 0.5) is 27.3 Å². The topological polar surface area (TPSA) is 66.9 Å². The van der Waals surface area contributed by atoms with E-state index in [4.69, 9.17) is 9.47 Å². The zero-order valence-electron chi connectivity index (χ0n) is 21.8. The van der Waals surface area contributed by atoms with Crippen molar-refractivity contribution >= 4 is 28.8 Å². The predicted molar refractivity (Wildman–Crippen MR) is 142 cm³/mol. The maximum absolute atomic E-state index is 14.2. The molecule has 2 saturated heterocycles. The Hall–Kier alpha value is -2.71. The second-order valence-corrected chi connectivity index (χ2v) is 11.4. The van der Waals surface area contributed by atoms with Gasteiger partial charge >= 0.3 is 0 Å². The molecule has 3 fully saturated rings. The molecule has 1 N–H and O–H groups in total. The predicted octanol–water partition coefficient (Wildman–Crippen LogP) is 5.41. The number of anilines is 4. The Morgan fingerprint density at radius 2 is 2.00 bits per heavy atom. The lowest BCUT2D eigenvalue weighted by Crippen LogP contribution is -2.47. The second-order valence-electron chi connectivity index (χ2n) is 11.4. The number of carbonyl (C=O) groups excluding carboxylic acids is 1. The van der Waals surface area contributed by atoms with Crippen molar-refractivity contribution in [3.05, 3.63) is 41.8 Å². The number of nitrogens with one attached hydrogen (secondary N) is 1. The van der Waals surface area contributed by atoms with E-state index in [-0.39, 0.29) is 30.1 Å². The van der Waals surface area contributed by atoms with E-state index in [2.05, 4.69) is 41.2 Å². The number of ether oxygens (including phenoxy) is 2. The Bertz CT molecular complexity index is 1140. The van der Waals surface area contributed by atoms with Gasteiger partial charge in [-0.15, -0.1) is 0 Å². The summed E-state index contributed by atoms with van der Waals surface area (Å²) in [6, 6.07) is 7.75. The number of piperidine rings is 1. The molecule has 8 heteroatoms. The second kappa shape index (κ2) is 10.2. The minimum Gasteiger partial charge on any atom is -0.376 e. The molecule has 0 radical (unpaired) electrons. The van der Waals surface area contributed by atoms with Crippen molar-refractivity contribution in [1.29, 1.82) is 0 Å².